The monoisotopic (exact) mass is 1170 g/mol. The van der Waals surface area contributed by atoms with Crippen molar-refractivity contribution in [3.05, 3.63) is 232 Å². The molecule has 0 spiro atoms. The maximum absolute atomic E-state index is 7.94. The molecule has 0 amide bonds. The van der Waals surface area contributed by atoms with Crippen molar-refractivity contribution in [2.24, 2.45) is 0 Å². The summed E-state index contributed by atoms with van der Waals surface area (Å²) in [7, 11) is 0. The Labute approximate surface area is 522 Å². The fraction of sp³-hybridized carbons (Fsp3) is 0.117. The lowest BCUT2D eigenvalue weighted by Crippen LogP contribution is -2.58. The van der Waals surface area contributed by atoms with E-state index in [0.29, 0.717) is 0 Å². The molecule has 6 nitrogen and oxygen atoms in total. The highest BCUT2D eigenvalue weighted by atomic mass is 32.1. The third-order valence-electron chi connectivity index (χ3n) is 19.5. The number of hydrogen-bond donors (Lipinski definition) is 0. The van der Waals surface area contributed by atoms with Crippen LogP contribution in [-0.2, 0) is 0 Å². The number of anilines is 6. The first-order valence-corrected chi connectivity index (χ1v) is 32.2. The van der Waals surface area contributed by atoms with Gasteiger partial charge in [-0.3, -0.25) is 0 Å². The Morgan fingerprint density at radius 2 is 0.693 bits per heavy atom. The summed E-state index contributed by atoms with van der Waals surface area (Å²) in [6.07, 6.45) is 0. The molecule has 0 bridgehead atoms. The Balaban J connectivity index is 0.957. The number of nitrogens with zero attached hydrogens (tertiary/aromatic N) is 2. The van der Waals surface area contributed by atoms with Crippen LogP contribution in [0.25, 0.3) is 33.4 Å². The van der Waals surface area contributed by atoms with Crippen LogP contribution in [0.4, 0.5) is 34.1 Å². The highest BCUT2D eigenvalue weighted by Crippen LogP contribution is 2.55. The summed E-state index contributed by atoms with van der Waals surface area (Å²) < 4.78 is 35.0. The summed E-state index contributed by atoms with van der Waals surface area (Å²) in [6, 6.07) is 66.8. The third-order valence-corrected chi connectivity index (χ3v) is 22.1. The van der Waals surface area contributed by atoms with Crippen LogP contribution in [0.3, 0.4) is 0 Å². The average molecular weight is 1170 g/mol. The maximum atomic E-state index is 7.94. The second-order valence-corrected chi connectivity index (χ2v) is 27.2. The molecule has 0 saturated heterocycles. The number of aryl methyl sites for hydroxylation is 9. The molecule has 8 heterocycles. The van der Waals surface area contributed by atoms with E-state index in [1.54, 1.807) is 0 Å². The van der Waals surface area contributed by atoms with Crippen LogP contribution >= 0.6 is 22.7 Å². The zero-order valence-corrected chi connectivity index (χ0v) is 52.0. The lowest BCUT2D eigenvalue weighted by Gasteiger charge is -2.40. The van der Waals surface area contributed by atoms with Gasteiger partial charge in [-0.05, 0) is 223 Å². The zero-order chi connectivity index (χ0) is 59.3. The van der Waals surface area contributed by atoms with E-state index in [0.717, 1.165) is 128 Å². The lowest BCUT2D eigenvalue weighted by atomic mass is 9.36. The van der Waals surface area contributed by atoms with Gasteiger partial charge in [0.15, 0.2) is 11.5 Å². The number of rotatable bonds is 5. The van der Waals surface area contributed by atoms with E-state index >= 15 is 0 Å². The molecule has 0 unspecified atom stereocenters. The van der Waals surface area contributed by atoms with Gasteiger partial charge in [0.1, 0.15) is 34.5 Å². The molecular weight excluding hydrogens is 1110 g/mol. The zero-order valence-electron chi connectivity index (χ0n) is 50.4. The molecule has 0 atom stereocenters. The molecule has 18 rings (SSSR count). The summed E-state index contributed by atoms with van der Waals surface area (Å²) >= 11 is 3.80. The molecule has 0 N–H and O–H groups in total. The molecule has 0 radical (unpaired) electrons. The highest BCUT2D eigenvalue weighted by molar-refractivity contribution is 7.44. The van der Waals surface area contributed by atoms with E-state index in [1.807, 2.05) is 22.7 Å². The third kappa shape index (κ3) is 7.20. The molecule has 88 heavy (non-hydrogen) atoms. The maximum Gasteiger partial charge on any atom is 0.285 e. The molecule has 6 aliphatic heterocycles. The standard InChI is InChI=1S/C77H57B3N2O4S2/c1-40-32-47(8)69(48(9)33-40)82-56-35-50(64-43(4)22-18-23-44(64)5)37-60-67(56)79(54-29-14-16-31-58(54)84-60)75-71(82)73-77(88-75)80-68-61(38-51(39-62(68)86-73)65-45(6)24-19-25-46(65)7)85-72-70-74(87-76(72)80)78-53-28-13-15-30-57(53)83-59-36-49(63-41(2)20-17-21-42(63)3)34-55(66(59)78)81(70)52-26-11-10-12-27-52/h10-39H,1-9H3. The Hall–Kier alpha value is -9.41. The highest BCUT2D eigenvalue weighted by Gasteiger charge is 2.54. The Morgan fingerprint density at radius 1 is 0.307 bits per heavy atom. The first-order chi connectivity index (χ1) is 42.9. The van der Waals surface area contributed by atoms with Crippen molar-refractivity contribution >= 4 is 123 Å². The minimum absolute atomic E-state index is 0.152. The topological polar surface area (TPSA) is 43.4 Å². The minimum Gasteiger partial charge on any atom is -0.458 e. The van der Waals surface area contributed by atoms with Crippen LogP contribution in [0.1, 0.15) is 50.1 Å². The molecular formula is C77H57B3N2O4S2. The summed E-state index contributed by atoms with van der Waals surface area (Å²) in [5.41, 5.74) is 30.0. The quantitative estimate of drug-likeness (QED) is 0.160. The van der Waals surface area contributed by atoms with E-state index in [9.17, 15) is 0 Å². The van der Waals surface area contributed by atoms with Crippen LogP contribution in [0.2, 0.25) is 0 Å². The largest absolute Gasteiger partial charge is 0.458 e. The van der Waals surface area contributed by atoms with E-state index < -0.39 is 0 Å². The van der Waals surface area contributed by atoms with Crippen molar-refractivity contribution in [2.75, 3.05) is 9.80 Å². The number of benzene rings is 10. The first kappa shape index (κ1) is 51.8. The molecule has 11 heteroatoms. The van der Waals surface area contributed by atoms with E-state index in [2.05, 4.69) is 254 Å². The van der Waals surface area contributed by atoms with Crippen LogP contribution < -0.4 is 75.2 Å². The fourth-order valence-electron chi connectivity index (χ4n) is 16.1. The molecule has 6 aliphatic rings. The normalized spacial score (nSPS) is 13.8. The predicted molar refractivity (Wildman–Crippen MR) is 371 cm³/mol. The van der Waals surface area contributed by atoms with Crippen molar-refractivity contribution in [1.29, 1.82) is 0 Å². The van der Waals surface area contributed by atoms with Crippen molar-refractivity contribution in [3.63, 3.8) is 0 Å². The molecule has 0 aliphatic carbocycles. The van der Waals surface area contributed by atoms with Gasteiger partial charge in [-0.15, -0.1) is 0 Å². The van der Waals surface area contributed by atoms with Gasteiger partial charge in [0.05, 0.1) is 17.1 Å². The first-order valence-electron chi connectivity index (χ1n) is 30.6. The van der Waals surface area contributed by atoms with Gasteiger partial charge < -0.3 is 28.7 Å². The summed E-state index contributed by atoms with van der Waals surface area (Å²) in [5.74, 6) is 6.88. The number of ether oxygens (including phenoxy) is 4. The van der Waals surface area contributed by atoms with E-state index in [-0.39, 0.29) is 20.1 Å². The fourth-order valence-corrected chi connectivity index (χ4v) is 19.1. The molecule has 10 aromatic carbocycles. The van der Waals surface area contributed by atoms with Gasteiger partial charge in [0, 0.05) is 41.6 Å². The Bertz CT molecular complexity index is 5020. The SMILES string of the molecule is Cc1cc(C)c(N2c3cc(-c4c(C)cccc4C)cc4c3B(c3ccccc3O4)c3sc4c(c32)Oc2cc(-c3c(C)cccc3C)cc3c2B4c2sc4c(c2O3)N(c2ccccc2)c2cc(-c3c(C)cccc3C)cc3c2B4c2ccccc2O3)c(C)c1. The second kappa shape index (κ2) is 18.8. The summed E-state index contributed by atoms with van der Waals surface area (Å²) in [5, 5.41) is 0. The lowest BCUT2D eigenvalue weighted by molar-refractivity contribution is 0.468. The Morgan fingerprint density at radius 3 is 1.15 bits per heavy atom. The summed E-state index contributed by atoms with van der Waals surface area (Å²) in [6.45, 7) is 19.5. The second-order valence-electron chi connectivity index (χ2n) is 25.1. The molecule has 12 aromatic rings. The number of para-hydroxylation sites is 3. The van der Waals surface area contributed by atoms with Crippen LogP contribution in [0.15, 0.2) is 182 Å². The van der Waals surface area contributed by atoms with Crippen LogP contribution in [0, 0.1) is 62.3 Å². The van der Waals surface area contributed by atoms with Gasteiger partial charge in [-0.2, -0.15) is 22.7 Å². The van der Waals surface area contributed by atoms with Gasteiger partial charge >= 0.3 is 0 Å². The smallest absolute Gasteiger partial charge is 0.285 e. The van der Waals surface area contributed by atoms with Gasteiger partial charge in [0.2, 0.25) is 0 Å². The minimum atomic E-state index is -0.263. The van der Waals surface area contributed by atoms with Crippen molar-refractivity contribution < 1.29 is 18.9 Å². The molecule has 420 valence electrons. The van der Waals surface area contributed by atoms with Gasteiger partial charge in [0.25, 0.3) is 20.1 Å². The van der Waals surface area contributed by atoms with Crippen LogP contribution in [0.5, 0.6) is 46.0 Å². The van der Waals surface area contributed by atoms with Gasteiger partial charge in [-0.25, -0.2) is 0 Å². The molecule has 2 aromatic heterocycles. The predicted octanol–water partition coefficient (Wildman–Crippen LogP) is 15.1. The number of hydrogen-bond acceptors (Lipinski definition) is 8. The average Bonchev–Trinajstić information content (AvgIpc) is 1.82. The number of fused-ring (bicyclic) bond motifs is 14. The Kier molecular flexibility index (Phi) is 11.1. The summed E-state index contributed by atoms with van der Waals surface area (Å²) in [4.78, 5) is 5.06. The van der Waals surface area contributed by atoms with E-state index in [4.69, 9.17) is 18.9 Å². The molecule has 0 saturated carbocycles. The van der Waals surface area contributed by atoms with Crippen LogP contribution in [-0.4, -0.2) is 20.1 Å². The van der Waals surface area contributed by atoms with Crippen molar-refractivity contribution in [2.45, 2.75) is 62.3 Å². The number of thiophene rings is 2. The van der Waals surface area contributed by atoms with Crippen molar-refractivity contribution in [1.82, 2.24) is 0 Å². The van der Waals surface area contributed by atoms with Crippen molar-refractivity contribution in [3.8, 4) is 79.4 Å². The van der Waals surface area contributed by atoms with E-state index in [1.165, 1.54) is 81.8 Å². The molecule has 0 fully saturated rings. The van der Waals surface area contributed by atoms with Gasteiger partial charge in [-0.1, -0.05) is 127 Å².